The Morgan fingerprint density at radius 1 is 0.633 bits per heavy atom. The molecule has 152 valence electrons. The molecule has 0 heterocycles. The third kappa shape index (κ3) is 5.14. The highest BCUT2D eigenvalue weighted by molar-refractivity contribution is 6.31. The summed E-state index contributed by atoms with van der Waals surface area (Å²) in [5, 5.41) is 5.39. The second-order valence-electron chi connectivity index (χ2n) is 7.71. The minimum absolute atomic E-state index is 0.0186. The van der Waals surface area contributed by atoms with Gasteiger partial charge in [0.05, 0.1) is 0 Å². The van der Waals surface area contributed by atoms with E-state index in [1.165, 1.54) is 16.3 Å². The first-order chi connectivity index (χ1) is 14.4. The van der Waals surface area contributed by atoms with Gasteiger partial charge in [0, 0.05) is 16.9 Å². The molecule has 3 heteroatoms. The summed E-state index contributed by atoms with van der Waals surface area (Å²) in [6.45, 7) is 5.89. The van der Waals surface area contributed by atoms with Gasteiger partial charge < -0.3 is 9.59 Å². The number of carbonyl (C=O) groups is 2. The molecule has 2 atom stereocenters. The standard InChI is InChI=1S/C14H14O.C13H11ClO/c1-10-3-4-12-5-6-13(11(2)9-15)8-14(12)7-10;1-9(8-15)10-2-3-12-7-13(14)5-4-11(12)6-10/h3-9,11H,1-2H3;2-9H,1H3. The van der Waals surface area contributed by atoms with Gasteiger partial charge in [-0.2, -0.15) is 0 Å². The van der Waals surface area contributed by atoms with Crippen LogP contribution in [-0.4, -0.2) is 12.6 Å². The Bertz CT molecular complexity index is 1200. The molecular weight excluding hydrogens is 392 g/mol. The van der Waals surface area contributed by atoms with E-state index in [1.54, 1.807) is 0 Å². The van der Waals surface area contributed by atoms with Gasteiger partial charge in [0.25, 0.3) is 0 Å². The first-order valence-corrected chi connectivity index (χ1v) is 10.4. The van der Waals surface area contributed by atoms with Gasteiger partial charge in [0.2, 0.25) is 0 Å². The third-order valence-electron chi connectivity index (χ3n) is 5.31. The second kappa shape index (κ2) is 9.69. The summed E-state index contributed by atoms with van der Waals surface area (Å²) < 4.78 is 0. The highest BCUT2D eigenvalue weighted by Crippen LogP contribution is 2.24. The fourth-order valence-corrected chi connectivity index (χ4v) is 3.52. The molecule has 0 aliphatic heterocycles. The fraction of sp³-hybridized carbons (Fsp3) is 0.185. The minimum Gasteiger partial charge on any atom is -0.303 e. The predicted molar refractivity (Wildman–Crippen MR) is 127 cm³/mol. The Balaban J connectivity index is 0.000000171. The third-order valence-corrected chi connectivity index (χ3v) is 5.54. The summed E-state index contributed by atoms with van der Waals surface area (Å²) in [5.41, 5.74) is 3.38. The summed E-state index contributed by atoms with van der Waals surface area (Å²) >= 11 is 5.89. The number of halogens is 1. The van der Waals surface area contributed by atoms with E-state index < -0.39 is 0 Å². The molecule has 30 heavy (non-hydrogen) atoms. The molecule has 0 bridgehead atoms. The maximum absolute atomic E-state index is 10.7. The molecule has 0 fully saturated rings. The summed E-state index contributed by atoms with van der Waals surface area (Å²) in [5.74, 6) is -0.0695. The molecule has 0 saturated carbocycles. The molecule has 0 aliphatic rings. The van der Waals surface area contributed by atoms with Gasteiger partial charge in [0.1, 0.15) is 12.6 Å². The van der Waals surface area contributed by atoms with Crippen molar-refractivity contribution in [3.05, 3.63) is 94.5 Å². The van der Waals surface area contributed by atoms with Crippen LogP contribution < -0.4 is 0 Å². The van der Waals surface area contributed by atoms with Crippen molar-refractivity contribution in [3.63, 3.8) is 0 Å². The summed E-state index contributed by atoms with van der Waals surface area (Å²) in [4.78, 5) is 21.4. The number of aldehydes is 2. The zero-order valence-electron chi connectivity index (χ0n) is 17.4. The van der Waals surface area contributed by atoms with Crippen molar-refractivity contribution in [2.24, 2.45) is 0 Å². The van der Waals surface area contributed by atoms with Crippen molar-refractivity contribution >= 4 is 45.7 Å². The van der Waals surface area contributed by atoms with Crippen molar-refractivity contribution in [2.45, 2.75) is 32.6 Å². The van der Waals surface area contributed by atoms with Crippen LogP contribution in [0, 0.1) is 6.92 Å². The second-order valence-corrected chi connectivity index (χ2v) is 8.15. The molecule has 4 rings (SSSR count). The predicted octanol–water partition coefficient (Wildman–Crippen LogP) is 7.25. The van der Waals surface area contributed by atoms with Gasteiger partial charge in [-0.3, -0.25) is 0 Å². The maximum atomic E-state index is 10.7. The Kier molecular flexibility index (Phi) is 7.02. The largest absolute Gasteiger partial charge is 0.303 e. The highest BCUT2D eigenvalue weighted by Gasteiger charge is 2.05. The smallest absolute Gasteiger partial charge is 0.127 e. The lowest BCUT2D eigenvalue weighted by molar-refractivity contribution is -0.109. The van der Waals surface area contributed by atoms with Crippen LogP contribution in [0.5, 0.6) is 0 Å². The van der Waals surface area contributed by atoms with E-state index in [1.807, 2.05) is 56.3 Å². The number of benzene rings is 4. The van der Waals surface area contributed by atoms with Gasteiger partial charge in [-0.05, 0) is 51.7 Å². The highest BCUT2D eigenvalue weighted by atomic mass is 35.5. The monoisotopic (exact) mass is 416 g/mol. The van der Waals surface area contributed by atoms with Crippen molar-refractivity contribution in [1.29, 1.82) is 0 Å². The molecule has 0 radical (unpaired) electrons. The summed E-state index contributed by atoms with van der Waals surface area (Å²) in [6.07, 6.45) is 1.94. The van der Waals surface area contributed by atoms with Gasteiger partial charge in [-0.15, -0.1) is 0 Å². The van der Waals surface area contributed by atoms with E-state index in [9.17, 15) is 9.59 Å². The average Bonchev–Trinajstić information content (AvgIpc) is 2.77. The zero-order chi connectivity index (χ0) is 21.7. The zero-order valence-corrected chi connectivity index (χ0v) is 18.2. The Hall–Kier alpha value is -2.97. The Morgan fingerprint density at radius 2 is 1.13 bits per heavy atom. The molecule has 0 amide bonds. The van der Waals surface area contributed by atoms with Crippen LogP contribution in [0.15, 0.2) is 72.8 Å². The lowest BCUT2D eigenvalue weighted by atomic mass is 9.98. The summed E-state index contributed by atoms with van der Waals surface area (Å²) in [7, 11) is 0. The minimum atomic E-state index is -0.0509. The molecule has 0 N–H and O–H groups in total. The van der Waals surface area contributed by atoms with Crippen molar-refractivity contribution in [1.82, 2.24) is 0 Å². The molecular formula is C27H25ClO2. The molecule has 0 spiro atoms. The van der Waals surface area contributed by atoms with Crippen LogP contribution in [0.25, 0.3) is 21.5 Å². The first-order valence-electron chi connectivity index (χ1n) is 10.0. The lowest BCUT2D eigenvalue weighted by Gasteiger charge is -2.06. The topological polar surface area (TPSA) is 34.1 Å². The number of aryl methyl sites for hydroxylation is 1. The molecule has 0 aromatic heterocycles. The summed E-state index contributed by atoms with van der Waals surface area (Å²) in [6, 6.07) is 24.3. The van der Waals surface area contributed by atoms with Crippen LogP contribution in [-0.2, 0) is 9.59 Å². The van der Waals surface area contributed by atoms with E-state index >= 15 is 0 Å². The molecule has 4 aromatic rings. The average molecular weight is 417 g/mol. The van der Waals surface area contributed by atoms with Crippen LogP contribution >= 0.6 is 11.6 Å². The van der Waals surface area contributed by atoms with Crippen LogP contribution in [0.3, 0.4) is 0 Å². The van der Waals surface area contributed by atoms with E-state index in [-0.39, 0.29) is 11.8 Å². The van der Waals surface area contributed by atoms with Gasteiger partial charge in [0.15, 0.2) is 0 Å². The fourth-order valence-electron chi connectivity index (χ4n) is 3.34. The van der Waals surface area contributed by atoms with Crippen molar-refractivity contribution < 1.29 is 9.59 Å². The van der Waals surface area contributed by atoms with E-state index in [4.69, 9.17) is 11.6 Å². The quantitative estimate of drug-likeness (QED) is 0.328. The van der Waals surface area contributed by atoms with Gasteiger partial charge >= 0.3 is 0 Å². The number of hydrogen-bond donors (Lipinski definition) is 0. The van der Waals surface area contributed by atoms with Gasteiger partial charge in [-0.25, -0.2) is 0 Å². The number of fused-ring (bicyclic) bond motifs is 2. The SMILES string of the molecule is CC(C=O)c1ccc2cc(Cl)ccc2c1.Cc1ccc2ccc(C(C)C=O)cc2c1. The molecule has 2 nitrogen and oxygen atoms in total. The number of rotatable bonds is 4. The van der Waals surface area contributed by atoms with Crippen LogP contribution in [0.1, 0.15) is 42.4 Å². The van der Waals surface area contributed by atoms with E-state index in [2.05, 4.69) is 37.3 Å². The van der Waals surface area contributed by atoms with E-state index in [0.29, 0.717) is 0 Å². The number of carbonyl (C=O) groups excluding carboxylic acids is 2. The van der Waals surface area contributed by atoms with Gasteiger partial charge in [-0.1, -0.05) is 91.7 Å². The molecule has 2 unspecified atom stereocenters. The molecule has 0 aliphatic carbocycles. The van der Waals surface area contributed by atoms with Crippen molar-refractivity contribution in [3.8, 4) is 0 Å². The number of hydrogen-bond acceptors (Lipinski definition) is 2. The van der Waals surface area contributed by atoms with Crippen LogP contribution in [0.4, 0.5) is 0 Å². The Labute approximate surface area is 182 Å². The maximum Gasteiger partial charge on any atom is 0.127 e. The normalized spacial score (nSPS) is 12.7. The van der Waals surface area contributed by atoms with E-state index in [0.717, 1.165) is 39.5 Å². The van der Waals surface area contributed by atoms with Crippen molar-refractivity contribution in [2.75, 3.05) is 0 Å². The molecule has 0 saturated heterocycles. The lowest BCUT2D eigenvalue weighted by Crippen LogP contribution is -1.93. The first kappa shape index (κ1) is 21.7. The molecule has 4 aromatic carbocycles. The van der Waals surface area contributed by atoms with Crippen LogP contribution in [0.2, 0.25) is 5.02 Å². The Morgan fingerprint density at radius 3 is 1.77 bits per heavy atom.